The van der Waals surface area contributed by atoms with Crippen LogP contribution in [0, 0.1) is 6.92 Å². The number of aryl methyl sites for hydroxylation is 1. The van der Waals surface area contributed by atoms with Crippen molar-refractivity contribution in [2.75, 3.05) is 20.3 Å². The highest BCUT2D eigenvalue weighted by atomic mass is 16.5. The molecule has 1 heterocycles. The van der Waals surface area contributed by atoms with Crippen molar-refractivity contribution in [3.05, 3.63) is 29.6 Å². The fourth-order valence-electron chi connectivity index (χ4n) is 1.54. The summed E-state index contributed by atoms with van der Waals surface area (Å²) in [7, 11) is 1.62. The van der Waals surface area contributed by atoms with E-state index >= 15 is 0 Å². The Hall–Kier alpha value is -1.46. The average molecular weight is 251 g/mol. The minimum atomic E-state index is -0.0281. The van der Waals surface area contributed by atoms with Crippen LogP contribution in [0.2, 0.25) is 0 Å². The predicted octanol–water partition coefficient (Wildman–Crippen LogP) is 0.631. The lowest BCUT2D eigenvalue weighted by molar-refractivity contribution is -0.121. The van der Waals surface area contributed by atoms with Gasteiger partial charge >= 0.3 is 0 Å². The Morgan fingerprint density at radius 1 is 1.50 bits per heavy atom. The van der Waals surface area contributed by atoms with E-state index in [4.69, 9.17) is 4.74 Å². The standard InChI is InChI=1S/C13H21N3O2/c1-10-4-5-12(7-15-10)6-14-8-13(17)16-11(2)9-18-3/h4-5,7,11,14H,6,8-9H2,1-3H3,(H,16,17). The number of rotatable bonds is 7. The maximum atomic E-state index is 11.5. The van der Waals surface area contributed by atoms with Crippen LogP contribution in [-0.4, -0.2) is 37.2 Å². The van der Waals surface area contributed by atoms with E-state index in [1.165, 1.54) is 0 Å². The van der Waals surface area contributed by atoms with Gasteiger partial charge in [0.25, 0.3) is 0 Å². The Morgan fingerprint density at radius 2 is 2.28 bits per heavy atom. The lowest BCUT2D eigenvalue weighted by Gasteiger charge is -2.13. The Balaban J connectivity index is 2.21. The van der Waals surface area contributed by atoms with Gasteiger partial charge in [0.1, 0.15) is 0 Å². The van der Waals surface area contributed by atoms with Crippen molar-refractivity contribution >= 4 is 5.91 Å². The SMILES string of the molecule is COCC(C)NC(=O)CNCc1ccc(C)nc1. The normalized spacial score (nSPS) is 12.2. The van der Waals surface area contributed by atoms with Crippen LogP contribution in [-0.2, 0) is 16.1 Å². The van der Waals surface area contributed by atoms with Gasteiger partial charge in [0, 0.05) is 31.6 Å². The zero-order valence-electron chi connectivity index (χ0n) is 11.2. The fourth-order valence-corrected chi connectivity index (χ4v) is 1.54. The number of nitrogens with one attached hydrogen (secondary N) is 2. The fraction of sp³-hybridized carbons (Fsp3) is 0.538. The maximum Gasteiger partial charge on any atom is 0.234 e. The van der Waals surface area contributed by atoms with Crippen LogP contribution >= 0.6 is 0 Å². The molecular formula is C13H21N3O2. The number of aromatic nitrogens is 1. The third-order valence-corrected chi connectivity index (χ3v) is 2.41. The van der Waals surface area contributed by atoms with Gasteiger partial charge in [-0.3, -0.25) is 9.78 Å². The first-order valence-electron chi connectivity index (χ1n) is 6.02. The summed E-state index contributed by atoms with van der Waals surface area (Å²) in [4.78, 5) is 15.7. The van der Waals surface area contributed by atoms with Crippen LogP contribution in [0.15, 0.2) is 18.3 Å². The van der Waals surface area contributed by atoms with Gasteiger partial charge in [0.15, 0.2) is 0 Å². The van der Waals surface area contributed by atoms with E-state index in [0.29, 0.717) is 19.7 Å². The summed E-state index contributed by atoms with van der Waals surface area (Å²) in [5.41, 5.74) is 2.06. The second-order valence-electron chi connectivity index (χ2n) is 4.34. The molecule has 1 unspecified atom stereocenters. The van der Waals surface area contributed by atoms with E-state index in [-0.39, 0.29) is 11.9 Å². The number of carbonyl (C=O) groups excluding carboxylic acids is 1. The molecule has 1 atom stereocenters. The van der Waals surface area contributed by atoms with Crippen LogP contribution in [0.25, 0.3) is 0 Å². The Labute approximate surface area is 108 Å². The molecule has 5 heteroatoms. The number of pyridine rings is 1. The Morgan fingerprint density at radius 3 is 2.89 bits per heavy atom. The van der Waals surface area contributed by atoms with Crippen molar-refractivity contribution in [3.8, 4) is 0 Å². The topological polar surface area (TPSA) is 63.2 Å². The monoisotopic (exact) mass is 251 g/mol. The minimum absolute atomic E-state index is 0.0281. The summed E-state index contributed by atoms with van der Waals surface area (Å²) in [5, 5.41) is 5.91. The van der Waals surface area contributed by atoms with E-state index in [9.17, 15) is 4.79 Å². The third kappa shape index (κ3) is 5.75. The van der Waals surface area contributed by atoms with Crippen LogP contribution in [0.5, 0.6) is 0 Å². The van der Waals surface area contributed by atoms with Gasteiger partial charge in [-0.15, -0.1) is 0 Å². The quantitative estimate of drug-likeness (QED) is 0.746. The van der Waals surface area contributed by atoms with Crippen LogP contribution < -0.4 is 10.6 Å². The highest BCUT2D eigenvalue weighted by molar-refractivity contribution is 5.78. The highest BCUT2D eigenvalue weighted by Gasteiger charge is 2.06. The molecular weight excluding hydrogens is 230 g/mol. The molecule has 0 saturated carbocycles. The first-order chi connectivity index (χ1) is 8.61. The molecule has 2 N–H and O–H groups in total. The first kappa shape index (κ1) is 14.6. The molecule has 0 aliphatic carbocycles. The Kier molecular flexibility index (Phi) is 6.32. The largest absolute Gasteiger partial charge is 0.383 e. The Bertz CT molecular complexity index is 365. The summed E-state index contributed by atoms with van der Waals surface area (Å²) in [5.74, 6) is -0.0281. The molecule has 5 nitrogen and oxygen atoms in total. The van der Waals surface area contributed by atoms with Gasteiger partial charge in [-0.05, 0) is 25.5 Å². The highest BCUT2D eigenvalue weighted by Crippen LogP contribution is 1.98. The summed E-state index contributed by atoms with van der Waals surface area (Å²) in [6.07, 6.45) is 1.81. The van der Waals surface area contributed by atoms with Crippen LogP contribution in [0.4, 0.5) is 0 Å². The van der Waals surface area contributed by atoms with Crippen molar-refractivity contribution in [1.82, 2.24) is 15.6 Å². The van der Waals surface area contributed by atoms with Gasteiger partial charge < -0.3 is 15.4 Å². The van der Waals surface area contributed by atoms with Crippen molar-refractivity contribution in [2.45, 2.75) is 26.4 Å². The predicted molar refractivity (Wildman–Crippen MR) is 70.2 cm³/mol. The molecule has 0 bridgehead atoms. The number of methoxy groups -OCH3 is 1. The molecule has 100 valence electrons. The molecule has 0 aliphatic rings. The molecule has 0 saturated heterocycles. The van der Waals surface area contributed by atoms with E-state index in [0.717, 1.165) is 11.3 Å². The zero-order valence-corrected chi connectivity index (χ0v) is 11.2. The van der Waals surface area contributed by atoms with E-state index in [1.807, 2.05) is 32.2 Å². The summed E-state index contributed by atoms with van der Waals surface area (Å²) < 4.78 is 4.95. The van der Waals surface area contributed by atoms with E-state index in [2.05, 4.69) is 15.6 Å². The minimum Gasteiger partial charge on any atom is -0.383 e. The smallest absolute Gasteiger partial charge is 0.234 e. The molecule has 0 aliphatic heterocycles. The van der Waals surface area contributed by atoms with Gasteiger partial charge in [-0.2, -0.15) is 0 Å². The molecule has 1 aromatic rings. The molecule has 1 aromatic heterocycles. The molecule has 1 amide bonds. The lowest BCUT2D eigenvalue weighted by Crippen LogP contribution is -2.40. The number of hydrogen-bond acceptors (Lipinski definition) is 4. The van der Waals surface area contributed by atoms with Crippen LogP contribution in [0.1, 0.15) is 18.2 Å². The molecule has 0 radical (unpaired) electrons. The average Bonchev–Trinajstić information content (AvgIpc) is 2.32. The summed E-state index contributed by atoms with van der Waals surface area (Å²) >= 11 is 0. The summed E-state index contributed by atoms with van der Waals surface area (Å²) in [6, 6.07) is 3.99. The number of nitrogens with zero attached hydrogens (tertiary/aromatic N) is 1. The molecule has 18 heavy (non-hydrogen) atoms. The van der Waals surface area contributed by atoms with Crippen molar-refractivity contribution in [1.29, 1.82) is 0 Å². The lowest BCUT2D eigenvalue weighted by atomic mass is 10.2. The molecule has 1 rings (SSSR count). The van der Waals surface area contributed by atoms with Gasteiger partial charge in [0.2, 0.25) is 5.91 Å². The molecule has 0 fully saturated rings. The molecule has 0 aromatic carbocycles. The second-order valence-corrected chi connectivity index (χ2v) is 4.34. The van der Waals surface area contributed by atoms with Gasteiger partial charge in [-0.25, -0.2) is 0 Å². The zero-order chi connectivity index (χ0) is 13.4. The summed E-state index contributed by atoms with van der Waals surface area (Å²) in [6.45, 7) is 5.31. The number of ether oxygens (including phenoxy) is 1. The van der Waals surface area contributed by atoms with E-state index in [1.54, 1.807) is 7.11 Å². The maximum absolute atomic E-state index is 11.5. The van der Waals surface area contributed by atoms with E-state index < -0.39 is 0 Å². The molecule has 0 spiro atoms. The van der Waals surface area contributed by atoms with Gasteiger partial charge in [-0.1, -0.05) is 6.07 Å². The third-order valence-electron chi connectivity index (χ3n) is 2.41. The second kappa shape index (κ2) is 7.79. The first-order valence-corrected chi connectivity index (χ1v) is 6.02. The number of amides is 1. The van der Waals surface area contributed by atoms with Crippen LogP contribution in [0.3, 0.4) is 0 Å². The van der Waals surface area contributed by atoms with Crippen molar-refractivity contribution < 1.29 is 9.53 Å². The number of hydrogen-bond donors (Lipinski definition) is 2. The van der Waals surface area contributed by atoms with Crippen molar-refractivity contribution in [2.24, 2.45) is 0 Å². The number of carbonyl (C=O) groups is 1. The van der Waals surface area contributed by atoms with Crippen molar-refractivity contribution in [3.63, 3.8) is 0 Å². The van der Waals surface area contributed by atoms with Gasteiger partial charge in [0.05, 0.1) is 13.2 Å².